The molecule has 4 nitrogen and oxygen atoms in total. The Bertz CT molecular complexity index is 364. The minimum absolute atomic E-state index is 0.433. The van der Waals surface area contributed by atoms with E-state index in [0.717, 1.165) is 31.5 Å². The normalized spacial score (nSPS) is 26.5. The summed E-state index contributed by atoms with van der Waals surface area (Å²) in [5.74, 6) is 1.99. The molecule has 0 aliphatic carbocycles. The third-order valence-corrected chi connectivity index (χ3v) is 5.11. The van der Waals surface area contributed by atoms with Crippen LogP contribution >= 0.6 is 0 Å². The van der Waals surface area contributed by atoms with Crippen molar-refractivity contribution in [1.29, 1.82) is 0 Å². The highest BCUT2D eigenvalue weighted by Gasteiger charge is 2.30. The maximum atomic E-state index is 4.45. The second-order valence-electron chi connectivity index (χ2n) is 8.06. The first-order valence-electron chi connectivity index (χ1n) is 9.18. The minimum atomic E-state index is 0.433. The third kappa shape index (κ3) is 5.45. The van der Waals surface area contributed by atoms with E-state index in [9.17, 15) is 0 Å². The van der Waals surface area contributed by atoms with Crippen LogP contribution in [-0.2, 0) is 0 Å². The molecule has 1 N–H and O–H groups in total. The number of unbranched alkanes of at least 4 members (excludes halogenated alkanes) is 1. The molecule has 2 rings (SSSR count). The highest BCUT2D eigenvalue weighted by Crippen LogP contribution is 2.28. The first kappa shape index (κ1) is 17.6. The van der Waals surface area contributed by atoms with Gasteiger partial charge in [0.1, 0.15) is 0 Å². The standard InChI is InChI=1S/C18H36N4/c1-16-8-7-12-21(14-16)11-6-5-10-20-17(19-4)22-13-9-18(2,3)15-22/h16H,5-15H2,1-4H3,(H,19,20). The quantitative estimate of drug-likeness (QED) is 0.481. The van der Waals surface area contributed by atoms with Crippen molar-refractivity contribution in [2.75, 3.05) is 46.3 Å². The summed E-state index contributed by atoms with van der Waals surface area (Å²) in [6.07, 6.45) is 6.60. The number of hydrogen-bond acceptors (Lipinski definition) is 2. The van der Waals surface area contributed by atoms with Crippen LogP contribution in [-0.4, -0.2) is 62.1 Å². The monoisotopic (exact) mass is 308 g/mol. The van der Waals surface area contributed by atoms with Crippen molar-refractivity contribution < 1.29 is 0 Å². The number of likely N-dealkylation sites (tertiary alicyclic amines) is 2. The Labute approximate surface area is 137 Å². The van der Waals surface area contributed by atoms with Gasteiger partial charge in [-0.2, -0.15) is 0 Å². The molecule has 0 aromatic heterocycles. The SMILES string of the molecule is CN=C(NCCCCN1CCCC(C)C1)N1CCC(C)(C)C1. The van der Waals surface area contributed by atoms with Gasteiger partial charge in [0.15, 0.2) is 5.96 Å². The number of rotatable bonds is 5. The van der Waals surface area contributed by atoms with Crippen molar-refractivity contribution >= 4 is 5.96 Å². The summed E-state index contributed by atoms with van der Waals surface area (Å²) in [5.41, 5.74) is 0.433. The van der Waals surface area contributed by atoms with E-state index in [1.807, 2.05) is 7.05 Å². The van der Waals surface area contributed by atoms with Gasteiger partial charge < -0.3 is 15.1 Å². The Kier molecular flexibility index (Phi) is 6.54. The van der Waals surface area contributed by atoms with Crippen molar-refractivity contribution in [2.45, 2.75) is 52.9 Å². The van der Waals surface area contributed by atoms with Gasteiger partial charge in [-0.1, -0.05) is 20.8 Å². The van der Waals surface area contributed by atoms with E-state index in [1.54, 1.807) is 0 Å². The van der Waals surface area contributed by atoms with Crippen LogP contribution in [0.25, 0.3) is 0 Å². The van der Waals surface area contributed by atoms with Crippen LogP contribution in [0.4, 0.5) is 0 Å². The maximum absolute atomic E-state index is 4.45. The van der Waals surface area contributed by atoms with Gasteiger partial charge in [-0.15, -0.1) is 0 Å². The van der Waals surface area contributed by atoms with Crippen molar-refractivity contribution in [3.8, 4) is 0 Å². The van der Waals surface area contributed by atoms with Crippen LogP contribution in [0.2, 0.25) is 0 Å². The first-order valence-corrected chi connectivity index (χ1v) is 9.18. The Morgan fingerprint density at radius 2 is 2.09 bits per heavy atom. The summed E-state index contributed by atoms with van der Waals surface area (Å²) in [6.45, 7) is 14.3. The van der Waals surface area contributed by atoms with Gasteiger partial charge in [-0.05, 0) is 56.5 Å². The van der Waals surface area contributed by atoms with Crippen molar-refractivity contribution in [2.24, 2.45) is 16.3 Å². The summed E-state index contributed by atoms with van der Waals surface area (Å²) in [7, 11) is 1.91. The molecule has 1 atom stereocenters. The average molecular weight is 309 g/mol. The highest BCUT2D eigenvalue weighted by molar-refractivity contribution is 5.80. The van der Waals surface area contributed by atoms with Crippen LogP contribution in [0, 0.1) is 11.3 Å². The molecule has 0 aromatic rings. The molecule has 0 spiro atoms. The lowest BCUT2D eigenvalue weighted by atomic mass is 9.93. The summed E-state index contributed by atoms with van der Waals surface area (Å²) in [6, 6.07) is 0. The topological polar surface area (TPSA) is 30.9 Å². The molecule has 128 valence electrons. The van der Waals surface area contributed by atoms with E-state index in [1.165, 1.54) is 51.7 Å². The molecule has 0 saturated carbocycles. The molecule has 0 radical (unpaired) electrons. The number of piperidine rings is 1. The molecule has 1 unspecified atom stereocenters. The minimum Gasteiger partial charge on any atom is -0.356 e. The molecule has 0 amide bonds. The number of aliphatic imine (C=N–C) groups is 1. The molecule has 2 heterocycles. The van der Waals surface area contributed by atoms with Gasteiger partial charge >= 0.3 is 0 Å². The summed E-state index contributed by atoms with van der Waals surface area (Å²) >= 11 is 0. The molecule has 2 aliphatic heterocycles. The average Bonchev–Trinajstić information content (AvgIpc) is 2.83. The highest BCUT2D eigenvalue weighted by atomic mass is 15.3. The van der Waals surface area contributed by atoms with E-state index in [0.29, 0.717) is 5.41 Å². The number of hydrogen-bond donors (Lipinski definition) is 1. The van der Waals surface area contributed by atoms with E-state index >= 15 is 0 Å². The Morgan fingerprint density at radius 1 is 1.27 bits per heavy atom. The van der Waals surface area contributed by atoms with Gasteiger partial charge in [-0.25, -0.2) is 0 Å². The van der Waals surface area contributed by atoms with Crippen LogP contribution in [0.15, 0.2) is 4.99 Å². The molecule has 0 bridgehead atoms. The van der Waals surface area contributed by atoms with Crippen molar-refractivity contribution in [1.82, 2.24) is 15.1 Å². The van der Waals surface area contributed by atoms with Crippen LogP contribution in [0.5, 0.6) is 0 Å². The van der Waals surface area contributed by atoms with Gasteiger partial charge in [0.2, 0.25) is 0 Å². The van der Waals surface area contributed by atoms with Gasteiger partial charge in [-0.3, -0.25) is 4.99 Å². The van der Waals surface area contributed by atoms with Gasteiger partial charge in [0, 0.05) is 33.2 Å². The molecule has 22 heavy (non-hydrogen) atoms. The van der Waals surface area contributed by atoms with Crippen LogP contribution in [0.3, 0.4) is 0 Å². The maximum Gasteiger partial charge on any atom is 0.193 e. The fourth-order valence-electron chi connectivity index (χ4n) is 3.78. The molecular weight excluding hydrogens is 272 g/mol. The van der Waals surface area contributed by atoms with Crippen LogP contribution in [0.1, 0.15) is 52.9 Å². The predicted octanol–water partition coefficient (Wildman–Crippen LogP) is 2.81. The number of guanidine groups is 1. The predicted molar refractivity (Wildman–Crippen MR) is 95.4 cm³/mol. The summed E-state index contributed by atoms with van der Waals surface area (Å²) < 4.78 is 0. The molecule has 2 fully saturated rings. The fourth-order valence-corrected chi connectivity index (χ4v) is 3.78. The second-order valence-corrected chi connectivity index (χ2v) is 8.06. The molecule has 0 aromatic carbocycles. The van der Waals surface area contributed by atoms with E-state index in [4.69, 9.17) is 0 Å². The third-order valence-electron chi connectivity index (χ3n) is 5.11. The van der Waals surface area contributed by atoms with Gasteiger partial charge in [0.05, 0.1) is 0 Å². The van der Waals surface area contributed by atoms with E-state index in [-0.39, 0.29) is 0 Å². The van der Waals surface area contributed by atoms with Crippen LogP contribution < -0.4 is 5.32 Å². The van der Waals surface area contributed by atoms with Crippen molar-refractivity contribution in [3.63, 3.8) is 0 Å². The summed E-state index contributed by atoms with van der Waals surface area (Å²) in [5, 5.41) is 3.55. The van der Waals surface area contributed by atoms with E-state index < -0.39 is 0 Å². The Balaban J connectivity index is 1.59. The molecule has 4 heteroatoms. The van der Waals surface area contributed by atoms with Crippen molar-refractivity contribution in [3.05, 3.63) is 0 Å². The zero-order valence-electron chi connectivity index (χ0n) is 15.2. The van der Waals surface area contributed by atoms with Gasteiger partial charge in [0.25, 0.3) is 0 Å². The smallest absolute Gasteiger partial charge is 0.193 e. The number of nitrogens with zero attached hydrogens (tertiary/aromatic N) is 3. The molecule has 2 aliphatic rings. The lowest BCUT2D eigenvalue weighted by molar-refractivity contribution is 0.181. The second kappa shape index (κ2) is 8.19. The number of nitrogens with one attached hydrogen (secondary N) is 1. The molecule has 2 saturated heterocycles. The summed E-state index contributed by atoms with van der Waals surface area (Å²) in [4.78, 5) is 9.51. The lowest BCUT2D eigenvalue weighted by Gasteiger charge is -2.30. The zero-order chi connectivity index (χ0) is 16.0. The lowest BCUT2D eigenvalue weighted by Crippen LogP contribution is -2.41. The Morgan fingerprint density at radius 3 is 2.73 bits per heavy atom. The fraction of sp³-hybridized carbons (Fsp3) is 0.944. The zero-order valence-corrected chi connectivity index (χ0v) is 15.2. The Hall–Kier alpha value is -0.770. The van der Waals surface area contributed by atoms with E-state index in [2.05, 4.69) is 40.9 Å². The first-order chi connectivity index (χ1) is 10.5. The largest absolute Gasteiger partial charge is 0.356 e. The molecular formula is C18H36N4.